The molecule has 0 aromatic carbocycles. The Bertz CT molecular complexity index is 741. The lowest BCUT2D eigenvalue weighted by Crippen LogP contribution is -2.54. The minimum atomic E-state index is -0.472. The number of ether oxygens (including phenoxy) is 2. The van der Waals surface area contributed by atoms with Gasteiger partial charge < -0.3 is 9.47 Å². The summed E-state index contributed by atoms with van der Waals surface area (Å²) in [6.45, 7) is 8.03. The second-order valence-corrected chi connectivity index (χ2v) is 10.3. The summed E-state index contributed by atoms with van der Waals surface area (Å²) in [4.78, 5) is 23.8. The maximum absolute atomic E-state index is 12.5. The lowest BCUT2D eigenvalue weighted by atomic mass is 9.47. The van der Waals surface area contributed by atoms with Gasteiger partial charge in [0.15, 0.2) is 11.4 Å². The summed E-state index contributed by atoms with van der Waals surface area (Å²) >= 11 is 0. The SMILES string of the molecule is CC(=O)O[C@@H]1CC[C@]2(C)C(=CC[C@@H]3[C@@H]2CC[C@]2(C)[C@H]3C[C@H]3O[C@]32C(C)=O)C1. The monoisotopic (exact) mass is 372 g/mol. The van der Waals surface area contributed by atoms with Gasteiger partial charge in [0.25, 0.3) is 0 Å². The normalized spacial score (nSPS) is 52.6. The van der Waals surface area contributed by atoms with Gasteiger partial charge in [0.2, 0.25) is 0 Å². The Balaban J connectivity index is 1.43. The molecule has 4 fully saturated rings. The highest BCUT2D eigenvalue weighted by molar-refractivity contribution is 5.90. The third-order valence-electron chi connectivity index (χ3n) is 9.34. The number of fused-ring (bicyclic) bond motifs is 7. The number of hydrogen-bond donors (Lipinski definition) is 0. The fourth-order valence-electron chi connectivity index (χ4n) is 8.03. The van der Waals surface area contributed by atoms with Crippen LogP contribution in [0.15, 0.2) is 11.6 Å². The van der Waals surface area contributed by atoms with E-state index in [1.807, 2.05) is 0 Å². The molecule has 3 saturated carbocycles. The van der Waals surface area contributed by atoms with E-state index in [-0.39, 0.29) is 34.8 Å². The van der Waals surface area contributed by atoms with Crippen LogP contribution in [0.2, 0.25) is 0 Å². The Labute approximate surface area is 162 Å². The Kier molecular flexibility index (Phi) is 3.62. The van der Waals surface area contributed by atoms with Crippen molar-refractivity contribution in [3.05, 3.63) is 11.6 Å². The maximum Gasteiger partial charge on any atom is 0.302 e. The van der Waals surface area contributed by atoms with E-state index in [4.69, 9.17) is 9.47 Å². The zero-order valence-corrected chi connectivity index (χ0v) is 17.0. The number of carbonyl (C=O) groups is 2. The molecule has 5 aliphatic rings. The van der Waals surface area contributed by atoms with E-state index in [1.165, 1.54) is 18.9 Å². The molecule has 0 aromatic heterocycles. The predicted octanol–water partition coefficient (Wildman–Crippen LogP) is 4.22. The number of Topliss-reactive ketones (excluding diaryl/α,β-unsaturated/α-hetero) is 1. The van der Waals surface area contributed by atoms with Gasteiger partial charge in [-0.1, -0.05) is 25.5 Å². The van der Waals surface area contributed by atoms with E-state index in [1.54, 1.807) is 6.92 Å². The van der Waals surface area contributed by atoms with Gasteiger partial charge >= 0.3 is 5.97 Å². The number of rotatable bonds is 2. The highest BCUT2D eigenvalue weighted by Crippen LogP contribution is 2.73. The lowest BCUT2D eigenvalue weighted by Gasteiger charge is -2.58. The third-order valence-corrected chi connectivity index (χ3v) is 9.34. The maximum atomic E-state index is 12.5. The Morgan fingerprint density at radius 3 is 2.63 bits per heavy atom. The molecule has 27 heavy (non-hydrogen) atoms. The zero-order valence-electron chi connectivity index (χ0n) is 17.0. The Morgan fingerprint density at radius 2 is 1.93 bits per heavy atom. The Hall–Kier alpha value is -1.16. The first-order chi connectivity index (χ1) is 12.7. The molecule has 0 amide bonds. The van der Waals surface area contributed by atoms with Crippen molar-refractivity contribution < 1.29 is 19.1 Å². The van der Waals surface area contributed by atoms with Crippen molar-refractivity contribution in [2.24, 2.45) is 28.6 Å². The van der Waals surface area contributed by atoms with E-state index in [0.29, 0.717) is 17.8 Å². The third kappa shape index (κ3) is 2.14. The first-order valence-electron chi connectivity index (χ1n) is 10.8. The van der Waals surface area contributed by atoms with Gasteiger partial charge in [-0.15, -0.1) is 0 Å². The minimum Gasteiger partial charge on any atom is -0.462 e. The van der Waals surface area contributed by atoms with Crippen molar-refractivity contribution >= 4 is 11.8 Å². The fraction of sp³-hybridized carbons (Fsp3) is 0.826. The molecule has 4 nitrogen and oxygen atoms in total. The van der Waals surface area contributed by atoms with Crippen LogP contribution in [0.1, 0.15) is 72.6 Å². The zero-order chi connectivity index (χ0) is 19.2. The molecule has 1 saturated heterocycles. The number of carbonyl (C=O) groups excluding carboxylic acids is 2. The van der Waals surface area contributed by atoms with Gasteiger partial charge in [-0.05, 0) is 68.6 Å². The molecule has 0 aromatic rings. The van der Waals surface area contributed by atoms with Gasteiger partial charge in [0.1, 0.15) is 6.10 Å². The highest BCUT2D eigenvalue weighted by Gasteiger charge is 2.79. The summed E-state index contributed by atoms with van der Waals surface area (Å²) in [6, 6.07) is 0. The number of ketones is 1. The number of hydrogen-bond acceptors (Lipinski definition) is 4. The first-order valence-corrected chi connectivity index (χ1v) is 10.8. The summed E-state index contributed by atoms with van der Waals surface area (Å²) in [5, 5.41) is 0. The quantitative estimate of drug-likeness (QED) is 0.414. The number of esters is 1. The molecule has 0 spiro atoms. The van der Waals surface area contributed by atoms with E-state index in [0.717, 1.165) is 38.5 Å². The molecule has 0 bridgehead atoms. The summed E-state index contributed by atoms with van der Waals surface area (Å²) < 4.78 is 11.6. The summed E-state index contributed by atoms with van der Waals surface area (Å²) in [5.74, 6) is 2.03. The minimum absolute atomic E-state index is 0.0152. The van der Waals surface area contributed by atoms with Crippen molar-refractivity contribution in [3.63, 3.8) is 0 Å². The molecule has 0 radical (unpaired) electrons. The van der Waals surface area contributed by atoms with Gasteiger partial charge in [-0.25, -0.2) is 0 Å². The standard InChI is InChI=1S/C23H32O4/c1-13(24)23-20(27-23)12-19-17-6-5-15-11-16(26-14(2)25)7-9-21(15,3)18(17)8-10-22(19,23)4/h5,16-20H,6-12H2,1-4H3/t16-,17-,18+,19+,20-,21-,22-,23-/m1/s1. The van der Waals surface area contributed by atoms with Crippen LogP contribution >= 0.6 is 0 Å². The predicted molar refractivity (Wildman–Crippen MR) is 101 cm³/mol. The van der Waals surface area contributed by atoms with Gasteiger partial charge in [-0.2, -0.15) is 0 Å². The molecule has 4 aliphatic carbocycles. The van der Waals surface area contributed by atoms with Crippen LogP contribution in [-0.4, -0.2) is 29.6 Å². The molecule has 8 atom stereocenters. The molecule has 148 valence electrons. The van der Waals surface area contributed by atoms with E-state index >= 15 is 0 Å². The van der Waals surface area contributed by atoms with Crippen LogP contribution in [0.4, 0.5) is 0 Å². The summed E-state index contributed by atoms with van der Waals surface area (Å²) in [5.41, 5.74) is 1.30. The second kappa shape index (κ2) is 5.46. The highest BCUT2D eigenvalue weighted by atomic mass is 16.6. The molecule has 0 unspecified atom stereocenters. The fourth-order valence-corrected chi connectivity index (χ4v) is 8.03. The van der Waals surface area contributed by atoms with E-state index in [9.17, 15) is 9.59 Å². The van der Waals surface area contributed by atoms with Crippen LogP contribution < -0.4 is 0 Å². The first kappa shape index (κ1) is 17.9. The number of epoxide rings is 1. The molecule has 5 rings (SSSR count). The largest absolute Gasteiger partial charge is 0.462 e. The van der Waals surface area contributed by atoms with Crippen molar-refractivity contribution in [2.45, 2.75) is 90.4 Å². The lowest BCUT2D eigenvalue weighted by molar-refractivity contribution is -0.149. The Morgan fingerprint density at radius 1 is 1.15 bits per heavy atom. The van der Waals surface area contributed by atoms with Crippen molar-refractivity contribution in [1.82, 2.24) is 0 Å². The summed E-state index contributed by atoms with van der Waals surface area (Å²) in [7, 11) is 0. The van der Waals surface area contributed by atoms with Crippen LogP contribution in [0, 0.1) is 28.6 Å². The van der Waals surface area contributed by atoms with Crippen LogP contribution in [-0.2, 0) is 19.1 Å². The van der Waals surface area contributed by atoms with Crippen LogP contribution in [0.3, 0.4) is 0 Å². The molecule has 1 aliphatic heterocycles. The smallest absolute Gasteiger partial charge is 0.302 e. The van der Waals surface area contributed by atoms with Crippen molar-refractivity contribution in [3.8, 4) is 0 Å². The molecule has 4 heteroatoms. The van der Waals surface area contributed by atoms with E-state index < -0.39 is 5.60 Å². The average Bonchev–Trinajstić information content (AvgIpc) is 3.27. The van der Waals surface area contributed by atoms with Gasteiger partial charge in [-0.3, -0.25) is 9.59 Å². The van der Waals surface area contributed by atoms with Crippen LogP contribution in [0.5, 0.6) is 0 Å². The second-order valence-electron chi connectivity index (χ2n) is 10.3. The van der Waals surface area contributed by atoms with Crippen molar-refractivity contribution in [1.29, 1.82) is 0 Å². The number of allylic oxidation sites excluding steroid dienone is 1. The average molecular weight is 373 g/mol. The topological polar surface area (TPSA) is 55.9 Å². The van der Waals surface area contributed by atoms with E-state index in [2.05, 4.69) is 19.9 Å². The van der Waals surface area contributed by atoms with Gasteiger partial charge in [0, 0.05) is 18.8 Å². The molecule has 1 heterocycles. The molecular weight excluding hydrogens is 340 g/mol. The molecular formula is C23H32O4. The van der Waals surface area contributed by atoms with Gasteiger partial charge in [0.05, 0.1) is 6.10 Å². The van der Waals surface area contributed by atoms with Crippen LogP contribution in [0.25, 0.3) is 0 Å². The molecule has 0 N–H and O–H groups in total. The summed E-state index contributed by atoms with van der Waals surface area (Å²) in [6.07, 6.45) is 10.1. The van der Waals surface area contributed by atoms with Crippen molar-refractivity contribution in [2.75, 3.05) is 0 Å².